The molecule has 4 aromatic rings. The van der Waals surface area contributed by atoms with E-state index in [4.69, 9.17) is 21.1 Å². The van der Waals surface area contributed by atoms with E-state index < -0.39 is 0 Å². The molecule has 1 aliphatic heterocycles. The van der Waals surface area contributed by atoms with Crippen molar-refractivity contribution in [2.24, 2.45) is 5.92 Å². The van der Waals surface area contributed by atoms with Crippen LogP contribution in [0.2, 0.25) is 5.02 Å². The minimum absolute atomic E-state index is 0.276. The zero-order valence-electron chi connectivity index (χ0n) is 24.7. The van der Waals surface area contributed by atoms with Crippen LogP contribution in [-0.4, -0.2) is 58.9 Å². The van der Waals surface area contributed by atoms with Crippen LogP contribution < -0.4 is 20.1 Å². The molecular formula is C33H37ClN6O3. The maximum absolute atomic E-state index is 11.9. The van der Waals surface area contributed by atoms with Crippen LogP contribution in [0, 0.1) is 5.92 Å². The number of nitrogens with one attached hydrogen (secondary N) is 2. The quantitative estimate of drug-likeness (QED) is 0.129. The first-order valence-electron chi connectivity index (χ1n) is 14.5. The minimum Gasteiger partial charge on any atom is -0.490 e. The molecule has 1 saturated heterocycles. The summed E-state index contributed by atoms with van der Waals surface area (Å²) in [4.78, 5) is 27.6. The highest BCUT2D eigenvalue weighted by molar-refractivity contribution is 6.32. The van der Waals surface area contributed by atoms with Gasteiger partial charge in [-0.3, -0.25) is 14.7 Å². The molecule has 0 aliphatic carbocycles. The van der Waals surface area contributed by atoms with E-state index in [-0.39, 0.29) is 6.04 Å². The van der Waals surface area contributed by atoms with Gasteiger partial charge in [-0.15, -0.1) is 0 Å². The van der Waals surface area contributed by atoms with Crippen LogP contribution in [-0.2, 0) is 11.4 Å². The van der Waals surface area contributed by atoms with Gasteiger partial charge in [-0.1, -0.05) is 37.6 Å². The van der Waals surface area contributed by atoms with Gasteiger partial charge in [0.15, 0.2) is 5.75 Å². The predicted octanol–water partition coefficient (Wildman–Crippen LogP) is 6.67. The number of likely N-dealkylation sites (tertiary alicyclic amines) is 1. The Morgan fingerprint density at radius 3 is 2.74 bits per heavy atom. The van der Waals surface area contributed by atoms with Gasteiger partial charge in [0.1, 0.15) is 30.8 Å². The first kappa shape index (κ1) is 30.3. The number of likely N-dealkylation sites (N-methyl/N-ethyl adjacent to an activating group) is 1. The number of aromatic nitrogens is 3. The molecule has 1 atom stereocenters. The van der Waals surface area contributed by atoms with Crippen molar-refractivity contribution < 1.29 is 14.3 Å². The van der Waals surface area contributed by atoms with E-state index in [0.717, 1.165) is 53.6 Å². The lowest BCUT2D eigenvalue weighted by molar-refractivity contribution is -0.104. The second-order valence-electron chi connectivity index (χ2n) is 11.0. The first-order valence-corrected chi connectivity index (χ1v) is 14.9. The van der Waals surface area contributed by atoms with Crippen LogP contribution in [0.25, 0.3) is 10.9 Å². The van der Waals surface area contributed by atoms with E-state index >= 15 is 0 Å². The summed E-state index contributed by atoms with van der Waals surface area (Å²) in [6.07, 6.45) is 8.43. The molecule has 2 N–H and O–H groups in total. The molecule has 3 heterocycles. The third-order valence-electron chi connectivity index (χ3n) is 7.23. The number of hydrogen-bond acceptors (Lipinski definition) is 9. The molecule has 0 amide bonds. The Morgan fingerprint density at radius 1 is 1.14 bits per heavy atom. The standard InChI is InChI=1S/C33H37ClN6O3/c1-22(2)19-43-32-29(36-17-23(18-41)15-26-8-6-14-40(26)3)11-10-28-31(32)33(38-21-37-28)39-24-9-12-30(27(34)16-24)42-20-25-7-4-5-13-35-25/h4-5,7,9-13,15-16,18,21-22,26,36H,6,8,14,17,19-20H2,1-3H3,(H,37,38,39)/b23-15-/t26-/m1/s1. The van der Waals surface area contributed by atoms with Gasteiger partial charge in [0.25, 0.3) is 0 Å². The van der Waals surface area contributed by atoms with Crippen LogP contribution in [0.1, 0.15) is 32.4 Å². The van der Waals surface area contributed by atoms with Crippen molar-refractivity contribution in [3.63, 3.8) is 0 Å². The van der Waals surface area contributed by atoms with Crippen LogP contribution in [0.15, 0.2) is 72.7 Å². The number of pyridine rings is 1. The molecule has 0 bridgehead atoms. The van der Waals surface area contributed by atoms with E-state index in [2.05, 4.69) is 57.5 Å². The highest BCUT2D eigenvalue weighted by Crippen LogP contribution is 2.39. The van der Waals surface area contributed by atoms with Crippen LogP contribution in [0.3, 0.4) is 0 Å². The van der Waals surface area contributed by atoms with Gasteiger partial charge in [-0.2, -0.15) is 0 Å². The zero-order chi connectivity index (χ0) is 30.2. The van der Waals surface area contributed by atoms with Crippen molar-refractivity contribution in [1.29, 1.82) is 0 Å². The highest BCUT2D eigenvalue weighted by Gasteiger charge is 2.20. The Balaban J connectivity index is 1.41. The molecule has 224 valence electrons. The van der Waals surface area contributed by atoms with E-state index in [9.17, 15) is 4.79 Å². The SMILES string of the molecule is CC(C)COc1c(NC/C(C=O)=C/[C@H]2CCCN2C)ccc2ncnc(Nc3ccc(OCc4ccccn4)c(Cl)c3)c12. The monoisotopic (exact) mass is 600 g/mol. The first-order chi connectivity index (χ1) is 20.9. The van der Waals surface area contributed by atoms with E-state index in [1.807, 2.05) is 42.5 Å². The van der Waals surface area contributed by atoms with Crippen LogP contribution >= 0.6 is 11.6 Å². The van der Waals surface area contributed by atoms with Crippen molar-refractivity contribution in [3.05, 3.63) is 83.4 Å². The number of nitrogens with zero attached hydrogens (tertiary/aromatic N) is 4. The third-order valence-corrected chi connectivity index (χ3v) is 7.53. The van der Waals surface area contributed by atoms with Gasteiger partial charge in [0.2, 0.25) is 0 Å². The van der Waals surface area contributed by atoms with Crippen molar-refractivity contribution >= 4 is 46.0 Å². The predicted molar refractivity (Wildman–Crippen MR) is 171 cm³/mol. The Kier molecular flexibility index (Phi) is 10.1. The number of halogens is 1. The van der Waals surface area contributed by atoms with Gasteiger partial charge in [-0.05, 0) is 74.8 Å². The van der Waals surface area contributed by atoms with E-state index in [0.29, 0.717) is 53.6 Å². The highest BCUT2D eigenvalue weighted by atomic mass is 35.5. The molecular weight excluding hydrogens is 564 g/mol. The van der Waals surface area contributed by atoms with Gasteiger partial charge in [-0.25, -0.2) is 9.97 Å². The fourth-order valence-corrected chi connectivity index (χ4v) is 5.19. The molecule has 2 aromatic carbocycles. The van der Waals surface area contributed by atoms with E-state index in [1.165, 1.54) is 6.33 Å². The van der Waals surface area contributed by atoms with E-state index in [1.54, 1.807) is 12.3 Å². The molecule has 0 spiro atoms. The number of carbonyl (C=O) groups excluding carboxylic acids is 1. The summed E-state index contributed by atoms with van der Waals surface area (Å²) in [5, 5.41) is 8.01. The fraction of sp³-hybridized carbons (Fsp3) is 0.333. The smallest absolute Gasteiger partial charge is 0.155 e. The fourth-order valence-electron chi connectivity index (χ4n) is 4.95. The number of fused-ring (bicyclic) bond motifs is 1. The molecule has 10 heteroatoms. The normalized spacial score (nSPS) is 15.6. The lowest BCUT2D eigenvalue weighted by Gasteiger charge is -2.19. The molecule has 0 radical (unpaired) electrons. The lowest BCUT2D eigenvalue weighted by Crippen LogP contribution is -2.24. The number of benzene rings is 2. The summed E-state index contributed by atoms with van der Waals surface area (Å²) < 4.78 is 12.3. The molecule has 2 aromatic heterocycles. The maximum Gasteiger partial charge on any atom is 0.155 e. The third kappa shape index (κ3) is 7.80. The zero-order valence-corrected chi connectivity index (χ0v) is 25.5. The average Bonchev–Trinajstić information content (AvgIpc) is 3.42. The second kappa shape index (κ2) is 14.3. The molecule has 43 heavy (non-hydrogen) atoms. The molecule has 1 aliphatic rings. The number of hydrogen-bond donors (Lipinski definition) is 2. The number of carbonyl (C=O) groups is 1. The average molecular weight is 601 g/mol. The van der Waals surface area contributed by atoms with Crippen molar-refractivity contribution in [2.45, 2.75) is 39.3 Å². The van der Waals surface area contributed by atoms with Gasteiger partial charge < -0.3 is 20.1 Å². The van der Waals surface area contributed by atoms with Crippen molar-refractivity contribution in [1.82, 2.24) is 19.9 Å². The summed E-state index contributed by atoms with van der Waals surface area (Å²) in [5.74, 6) is 2.05. The van der Waals surface area contributed by atoms with Gasteiger partial charge in [0.05, 0.1) is 33.9 Å². The Bertz CT molecular complexity index is 1580. The maximum atomic E-state index is 11.9. The molecule has 0 saturated carbocycles. The Hall–Kier alpha value is -4.21. The van der Waals surface area contributed by atoms with Crippen LogP contribution in [0.5, 0.6) is 11.5 Å². The second-order valence-corrected chi connectivity index (χ2v) is 11.5. The lowest BCUT2D eigenvalue weighted by atomic mass is 10.1. The molecule has 9 nitrogen and oxygen atoms in total. The Morgan fingerprint density at radius 2 is 2.02 bits per heavy atom. The number of rotatable bonds is 13. The molecule has 1 fully saturated rings. The molecule has 5 rings (SSSR count). The summed E-state index contributed by atoms with van der Waals surface area (Å²) >= 11 is 6.59. The number of aldehydes is 1. The summed E-state index contributed by atoms with van der Waals surface area (Å²) in [6, 6.07) is 15.3. The summed E-state index contributed by atoms with van der Waals surface area (Å²) in [5.41, 5.74) is 3.73. The number of anilines is 3. The van der Waals surface area contributed by atoms with Gasteiger partial charge in [0, 0.05) is 30.0 Å². The Labute approximate surface area is 257 Å². The van der Waals surface area contributed by atoms with Crippen molar-refractivity contribution in [2.75, 3.05) is 37.4 Å². The largest absolute Gasteiger partial charge is 0.490 e. The minimum atomic E-state index is 0.276. The van der Waals surface area contributed by atoms with Crippen molar-refractivity contribution in [3.8, 4) is 11.5 Å². The summed E-state index contributed by atoms with van der Waals surface area (Å²) in [6.45, 7) is 6.43. The van der Waals surface area contributed by atoms with Gasteiger partial charge >= 0.3 is 0 Å². The van der Waals surface area contributed by atoms with Crippen LogP contribution in [0.4, 0.5) is 17.2 Å². The topological polar surface area (TPSA) is 102 Å². The molecule has 0 unspecified atom stereocenters. The number of ether oxygens (including phenoxy) is 2. The summed E-state index contributed by atoms with van der Waals surface area (Å²) in [7, 11) is 2.09.